The van der Waals surface area contributed by atoms with E-state index in [4.69, 9.17) is 9.47 Å². The van der Waals surface area contributed by atoms with Gasteiger partial charge in [-0.2, -0.15) is 0 Å². The van der Waals surface area contributed by atoms with Gasteiger partial charge in [0.25, 0.3) is 0 Å². The minimum Gasteiger partial charge on any atom is -0.496 e. The van der Waals surface area contributed by atoms with E-state index in [2.05, 4.69) is 82.3 Å². The van der Waals surface area contributed by atoms with Crippen LogP contribution in [0.4, 0.5) is 0 Å². The van der Waals surface area contributed by atoms with Gasteiger partial charge in [0.15, 0.2) is 0 Å². The summed E-state index contributed by atoms with van der Waals surface area (Å²) in [7, 11) is 3.39. The highest BCUT2D eigenvalue weighted by atomic mass is 127. The Balaban J connectivity index is 2.13. The highest BCUT2D eigenvalue weighted by Gasteiger charge is 2.38. The maximum absolute atomic E-state index is 6.42. The molecule has 0 bridgehead atoms. The lowest BCUT2D eigenvalue weighted by atomic mass is 9.81. The van der Waals surface area contributed by atoms with Gasteiger partial charge in [-0.3, -0.25) is 0 Å². The van der Waals surface area contributed by atoms with E-state index in [1.807, 2.05) is 14.2 Å². The molecule has 0 amide bonds. The van der Waals surface area contributed by atoms with Crippen molar-refractivity contribution in [3.05, 3.63) is 38.5 Å². The molecule has 2 saturated carbocycles. The van der Waals surface area contributed by atoms with Crippen LogP contribution >= 0.6 is 30.5 Å². The van der Waals surface area contributed by atoms with E-state index in [1.165, 1.54) is 101 Å². The van der Waals surface area contributed by atoms with Crippen LogP contribution in [0.15, 0.2) is 18.2 Å². The molecule has 2 aliphatic carbocycles. The third-order valence-corrected chi connectivity index (χ3v) is 13.5. The molecule has 0 saturated heterocycles. The third kappa shape index (κ3) is 6.66. The van der Waals surface area contributed by atoms with Crippen LogP contribution < -0.4 is 14.8 Å². The molecule has 0 aromatic heterocycles. The molecular weight excluding hydrogens is 610 g/mol. The first kappa shape index (κ1) is 31.1. The van der Waals surface area contributed by atoms with E-state index < -0.39 is 7.92 Å². The number of halogens is 1. The van der Waals surface area contributed by atoms with Crippen molar-refractivity contribution in [3.63, 3.8) is 0 Å². The number of ether oxygens (including phenoxy) is 2. The Morgan fingerprint density at radius 1 is 0.667 bits per heavy atom. The summed E-state index contributed by atoms with van der Waals surface area (Å²) in [6.07, 6.45) is 13.8. The summed E-state index contributed by atoms with van der Waals surface area (Å²) in [4.78, 5) is 0. The number of methoxy groups -OCH3 is 2. The molecule has 2 fully saturated rings. The molecule has 2 aromatic rings. The van der Waals surface area contributed by atoms with Crippen molar-refractivity contribution in [2.45, 2.75) is 135 Å². The number of hydrogen-bond acceptors (Lipinski definition) is 2. The van der Waals surface area contributed by atoms with Crippen LogP contribution in [0.1, 0.15) is 140 Å². The van der Waals surface area contributed by atoms with Crippen molar-refractivity contribution in [3.8, 4) is 22.6 Å². The lowest BCUT2D eigenvalue weighted by Gasteiger charge is -2.41. The van der Waals surface area contributed by atoms with Gasteiger partial charge in [0, 0.05) is 10.9 Å². The van der Waals surface area contributed by atoms with Crippen LogP contribution in [0.3, 0.4) is 0 Å². The summed E-state index contributed by atoms with van der Waals surface area (Å²) < 4.78 is 14.0. The van der Waals surface area contributed by atoms with Gasteiger partial charge >= 0.3 is 0 Å². The molecule has 2 aromatic carbocycles. The predicted molar refractivity (Wildman–Crippen MR) is 180 cm³/mol. The van der Waals surface area contributed by atoms with Crippen LogP contribution in [0.5, 0.6) is 11.5 Å². The van der Waals surface area contributed by atoms with Crippen molar-refractivity contribution in [2.75, 3.05) is 14.2 Å². The smallest absolute Gasteiger partial charge is 0.140 e. The molecule has 2 nitrogen and oxygen atoms in total. The molecular formula is C35H52IO2P. The maximum atomic E-state index is 6.42. The van der Waals surface area contributed by atoms with Crippen molar-refractivity contribution in [1.29, 1.82) is 0 Å². The van der Waals surface area contributed by atoms with Crippen molar-refractivity contribution < 1.29 is 9.47 Å². The van der Waals surface area contributed by atoms with Crippen LogP contribution in [-0.4, -0.2) is 25.5 Å². The predicted octanol–water partition coefficient (Wildman–Crippen LogP) is 11.1. The zero-order chi connectivity index (χ0) is 28.3. The Labute approximate surface area is 254 Å². The van der Waals surface area contributed by atoms with E-state index in [0.717, 1.165) is 22.8 Å². The molecule has 4 heteroatoms. The largest absolute Gasteiger partial charge is 0.496 e. The van der Waals surface area contributed by atoms with Crippen molar-refractivity contribution >= 4 is 35.8 Å². The monoisotopic (exact) mass is 662 g/mol. The van der Waals surface area contributed by atoms with Gasteiger partial charge in [-0.05, 0) is 106 Å². The Hall–Kier alpha value is -0.800. The summed E-state index contributed by atoms with van der Waals surface area (Å²) in [5, 5.41) is 1.52. The molecule has 0 atom stereocenters. The molecule has 0 heterocycles. The Bertz CT molecular complexity index is 1060. The van der Waals surface area contributed by atoms with Gasteiger partial charge < -0.3 is 9.47 Å². The first-order valence-corrected chi connectivity index (χ1v) is 18.2. The Morgan fingerprint density at radius 3 is 1.54 bits per heavy atom. The van der Waals surface area contributed by atoms with Crippen LogP contribution in [-0.2, 0) is 0 Å². The van der Waals surface area contributed by atoms with E-state index in [9.17, 15) is 0 Å². The first-order valence-electron chi connectivity index (χ1n) is 15.6. The highest BCUT2D eigenvalue weighted by Crippen LogP contribution is 2.60. The average Bonchev–Trinajstić information content (AvgIpc) is 2.93. The van der Waals surface area contributed by atoms with Gasteiger partial charge in [-0.25, -0.2) is 0 Å². The lowest BCUT2D eigenvalue weighted by Crippen LogP contribution is -2.29. The van der Waals surface area contributed by atoms with Crippen LogP contribution in [0.25, 0.3) is 11.1 Å². The molecule has 0 radical (unpaired) electrons. The molecule has 0 aliphatic heterocycles. The van der Waals surface area contributed by atoms with Crippen LogP contribution in [0.2, 0.25) is 0 Å². The topological polar surface area (TPSA) is 18.5 Å². The van der Waals surface area contributed by atoms with Gasteiger partial charge in [-0.1, -0.05) is 100 Å². The van der Waals surface area contributed by atoms with Gasteiger partial charge in [-0.15, -0.1) is 0 Å². The number of benzene rings is 2. The minimum absolute atomic E-state index is 0.394. The summed E-state index contributed by atoms with van der Waals surface area (Å²) in [6.45, 7) is 14.1. The van der Waals surface area contributed by atoms with E-state index in [1.54, 1.807) is 0 Å². The van der Waals surface area contributed by atoms with Gasteiger partial charge in [0.1, 0.15) is 11.5 Å². The molecule has 0 N–H and O–H groups in total. The number of rotatable bonds is 9. The Morgan fingerprint density at radius 2 is 1.15 bits per heavy atom. The second kappa shape index (κ2) is 13.9. The highest BCUT2D eigenvalue weighted by molar-refractivity contribution is 14.1. The Kier molecular flexibility index (Phi) is 11.1. The third-order valence-electron chi connectivity index (χ3n) is 9.17. The summed E-state index contributed by atoms with van der Waals surface area (Å²) in [6, 6.07) is 7.26. The van der Waals surface area contributed by atoms with Crippen molar-refractivity contribution in [2.24, 2.45) is 0 Å². The second-order valence-electron chi connectivity index (χ2n) is 12.8. The summed E-state index contributed by atoms with van der Waals surface area (Å²) in [5.74, 6) is 3.52. The van der Waals surface area contributed by atoms with Crippen LogP contribution in [0, 0.1) is 3.57 Å². The quantitative estimate of drug-likeness (QED) is 0.197. The standard InChI is InChI=1S/C35H52IO2P/c1-22(2)25-19-28(23(3)4)32(29(20-25)24(5)6)33-31(37-7)21-30(36)34(38-8)35(33)39(26-15-11-9-12-16-26)27-17-13-10-14-18-27/h19-24,26-27H,9-18H2,1-8H3. The maximum Gasteiger partial charge on any atom is 0.140 e. The fourth-order valence-electron chi connectivity index (χ4n) is 7.07. The van der Waals surface area contributed by atoms with Crippen molar-refractivity contribution in [1.82, 2.24) is 0 Å². The first-order chi connectivity index (χ1) is 18.7. The summed E-state index contributed by atoms with van der Waals surface area (Å²) >= 11 is 2.51. The molecule has 39 heavy (non-hydrogen) atoms. The minimum atomic E-state index is -0.394. The SMILES string of the molecule is COc1cc(I)c(OC)c(P(C2CCCCC2)C2CCCCC2)c1-c1c(C(C)C)cc(C(C)C)cc1C(C)C. The van der Waals surface area contributed by atoms with E-state index >= 15 is 0 Å². The average molecular weight is 663 g/mol. The van der Waals surface area contributed by atoms with E-state index in [-0.39, 0.29) is 0 Å². The number of hydrogen-bond donors (Lipinski definition) is 0. The van der Waals surface area contributed by atoms with E-state index in [0.29, 0.717) is 17.8 Å². The normalized spacial score (nSPS) is 17.6. The van der Waals surface area contributed by atoms with Gasteiger partial charge in [0.05, 0.1) is 17.8 Å². The summed E-state index contributed by atoms with van der Waals surface area (Å²) in [5.41, 5.74) is 8.75. The molecule has 216 valence electrons. The molecule has 0 unspecified atom stereocenters. The fraction of sp³-hybridized carbons (Fsp3) is 0.657. The zero-order valence-corrected chi connectivity index (χ0v) is 28.9. The zero-order valence-electron chi connectivity index (χ0n) is 25.8. The molecule has 0 spiro atoms. The molecule has 4 rings (SSSR count). The lowest BCUT2D eigenvalue weighted by molar-refractivity contribution is 0.404. The second-order valence-corrected chi connectivity index (χ2v) is 16.7. The molecule has 2 aliphatic rings. The fourth-order valence-corrected chi connectivity index (χ4v) is 12.1. The van der Waals surface area contributed by atoms with Gasteiger partial charge in [0.2, 0.25) is 0 Å².